The molecule has 0 saturated carbocycles. The van der Waals surface area contributed by atoms with Crippen LogP contribution in [0.4, 0.5) is 0 Å². The van der Waals surface area contributed by atoms with Crippen LogP contribution in [0, 0.1) is 11.8 Å². The molecule has 2 rings (SSSR count). The predicted octanol–water partition coefficient (Wildman–Crippen LogP) is 2.00. The summed E-state index contributed by atoms with van der Waals surface area (Å²) < 4.78 is 0. The van der Waals surface area contributed by atoms with Gasteiger partial charge in [-0.3, -0.25) is 5.01 Å². The molecule has 0 aromatic rings. The highest BCUT2D eigenvalue weighted by Crippen LogP contribution is 2.32. The zero-order valence-corrected chi connectivity index (χ0v) is 11.4. The van der Waals surface area contributed by atoms with Gasteiger partial charge in [0.25, 0.3) is 0 Å². The fourth-order valence-electron chi connectivity index (χ4n) is 2.74. The molecule has 0 aromatic carbocycles. The van der Waals surface area contributed by atoms with Gasteiger partial charge in [0.1, 0.15) is 0 Å². The van der Waals surface area contributed by atoms with E-state index in [1.54, 1.807) is 0 Å². The Hall–Kier alpha value is -0.220. The Kier molecular flexibility index (Phi) is 4.14. The maximum atomic E-state index is 4.73. The molecule has 0 amide bonds. The number of rotatable bonds is 3. The molecule has 1 saturated heterocycles. The Bertz CT molecular complexity index is 261. The number of hydrazone groups is 1. The molecule has 3 atom stereocenters. The highest BCUT2D eigenvalue weighted by molar-refractivity contribution is 8.14. The van der Waals surface area contributed by atoms with Crippen LogP contribution in [0.1, 0.15) is 26.7 Å². The van der Waals surface area contributed by atoms with Gasteiger partial charge in [-0.25, -0.2) is 0 Å². The van der Waals surface area contributed by atoms with Crippen molar-refractivity contribution in [1.82, 2.24) is 10.3 Å². The van der Waals surface area contributed by atoms with Gasteiger partial charge in [-0.05, 0) is 31.8 Å². The molecule has 0 spiro atoms. The van der Waals surface area contributed by atoms with Gasteiger partial charge in [-0.1, -0.05) is 13.8 Å². The Morgan fingerprint density at radius 3 is 3.00 bits per heavy atom. The summed E-state index contributed by atoms with van der Waals surface area (Å²) in [4.78, 5) is 0. The fourth-order valence-corrected chi connectivity index (χ4v) is 4.16. The number of nitrogens with one attached hydrogen (secondary N) is 1. The smallest absolute Gasteiger partial charge is 0.0970 e. The van der Waals surface area contributed by atoms with Crippen molar-refractivity contribution in [3.8, 4) is 0 Å². The van der Waals surface area contributed by atoms with E-state index in [1.165, 1.54) is 31.0 Å². The second-order valence-corrected chi connectivity index (χ2v) is 6.43. The minimum atomic E-state index is 0.671. The highest BCUT2D eigenvalue weighted by Gasteiger charge is 2.30. The highest BCUT2D eigenvalue weighted by atomic mass is 32.2. The quantitative estimate of drug-likeness (QED) is 0.819. The van der Waals surface area contributed by atoms with Gasteiger partial charge in [-0.2, -0.15) is 5.10 Å². The number of nitrogens with zero attached hydrogens (tertiary/aromatic N) is 2. The second-order valence-electron chi connectivity index (χ2n) is 4.97. The molecule has 92 valence electrons. The van der Waals surface area contributed by atoms with E-state index < -0.39 is 0 Å². The van der Waals surface area contributed by atoms with E-state index in [4.69, 9.17) is 5.10 Å². The van der Waals surface area contributed by atoms with Crippen LogP contribution in [0.2, 0.25) is 0 Å². The molecule has 4 heteroatoms. The normalized spacial score (nSPS) is 32.7. The van der Waals surface area contributed by atoms with Crippen molar-refractivity contribution < 1.29 is 0 Å². The fraction of sp³-hybridized carbons (Fsp3) is 0.917. The van der Waals surface area contributed by atoms with Crippen LogP contribution in [-0.4, -0.2) is 42.0 Å². The van der Waals surface area contributed by atoms with Crippen LogP contribution in [0.5, 0.6) is 0 Å². The number of hydrogen-bond donors (Lipinski definition) is 1. The third-order valence-electron chi connectivity index (χ3n) is 3.54. The molecule has 0 aliphatic carbocycles. The van der Waals surface area contributed by atoms with Crippen LogP contribution >= 0.6 is 11.8 Å². The first-order valence-electron chi connectivity index (χ1n) is 6.37. The van der Waals surface area contributed by atoms with Crippen molar-refractivity contribution in [3.63, 3.8) is 0 Å². The topological polar surface area (TPSA) is 27.6 Å². The minimum Gasteiger partial charge on any atom is -0.316 e. The number of hydrogen-bond acceptors (Lipinski definition) is 4. The van der Waals surface area contributed by atoms with E-state index in [0.29, 0.717) is 11.2 Å². The molecule has 16 heavy (non-hydrogen) atoms. The van der Waals surface area contributed by atoms with Crippen LogP contribution in [0.15, 0.2) is 5.10 Å². The van der Waals surface area contributed by atoms with Gasteiger partial charge in [0.2, 0.25) is 0 Å². The Morgan fingerprint density at radius 1 is 1.62 bits per heavy atom. The summed E-state index contributed by atoms with van der Waals surface area (Å²) in [5.41, 5.74) is 0. The van der Waals surface area contributed by atoms with Crippen molar-refractivity contribution in [3.05, 3.63) is 0 Å². The third-order valence-corrected chi connectivity index (χ3v) is 4.71. The van der Waals surface area contributed by atoms with Crippen molar-refractivity contribution in [2.45, 2.75) is 31.9 Å². The summed E-state index contributed by atoms with van der Waals surface area (Å²) in [5.74, 6) is 1.47. The summed E-state index contributed by atoms with van der Waals surface area (Å²) in [6.45, 7) is 8.04. The van der Waals surface area contributed by atoms with Crippen molar-refractivity contribution >= 4 is 16.8 Å². The summed E-state index contributed by atoms with van der Waals surface area (Å²) in [5, 5.41) is 12.4. The average Bonchev–Trinajstić information content (AvgIpc) is 2.70. The molecule has 0 bridgehead atoms. The Morgan fingerprint density at radius 2 is 2.44 bits per heavy atom. The van der Waals surface area contributed by atoms with Gasteiger partial charge in [0.05, 0.1) is 5.04 Å². The molecule has 1 fully saturated rings. The standard InChI is InChI=1S/C12H23N3S/c1-4-11(10-5-6-13-7-10)12-14-15(3)8-9(2)16-12/h9-11,13H,4-8H2,1-3H3. The number of thioether (sulfide) groups is 1. The van der Waals surface area contributed by atoms with Gasteiger partial charge in [0.15, 0.2) is 0 Å². The van der Waals surface area contributed by atoms with E-state index in [-0.39, 0.29) is 0 Å². The van der Waals surface area contributed by atoms with Crippen molar-refractivity contribution in [2.24, 2.45) is 16.9 Å². The van der Waals surface area contributed by atoms with Crippen LogP contribution in [-0.2, 0) is 0 Å². The second kappa shape index (κ2) is 5.41. The van der Waals surface area contributed by atoms with E-state index in [2.05, 4.69) is 31.2 Å². The first-order chi connectivity index (χ1) is 7.70. The van der Waals surface area contributed by atoms with Crippen LogP contribution < -0.4 is 5.32 Å². The molecular weight excluding hydrogens is 218 g/mol. The minimum absolute atomic E-state index is 0.671. The zero-order chi connectivity index (χ0) is 11.5. The predicted molar refractivity (Wildman–Crippen MR) is 71.9 cm³/mol. The molecule has 2 aliphatic rings. The van der Waals surface area contributed by atoms with Gasteiger partial charge >= 0.3 is 0 Å². The molecule has 3 nitrogen and oxygen atoms in total. The van der Waals surface area contributed by atoms with E-state index in [1.807, 2.05) is 11.8 Å². The first kappa shape index (κ1) is 12.2. The molecular formula is C12H23N3S. The lowest BCUT2D eigenvalue weighted by atomic mass is 9.90. The Balaban J connectivity index is 2.07. The summed E-state index contributed by atoms with van der Waals surface area (Å²) >= 11 is 1.99. The lowest BCUT2D eigenvalue weighted by Gasteiger charge is -2.31. The van der Waals surface area contributed by atoms with Gasteiger partial charge in [0, 0.05) is 24.8 Å². The van der Waals surface area contributed by atoms with Gasteiger partial charge < -0.3 is 5.32 Å². The summed E-state index contributed by atoms with van der Waals surface area (Å²) in [7, 11) is 2.09. The third kappa shape index (κ3) is 2.72. The first-order valence-corrected chi connectivity index (χ1v) is 7.25. The average molecular weight is 241 g/mol. The summed E-state index contributed by atoms with van der Waals surface area (Å²) in [6, 6.07) is 0. The van der Waals surface area contributed by atoms with Crippen molar-refractivity contribution in [1.29, 1.82) is 0 Å². The maximum absolute atomic E-state index is 4.73. The molecule has 2 heterocycles. The van der Waals surface area contributed by atoms with Crippen LogP contribution in [0.25, 0.3) is 0 Å². The molecule has 0 aromatic heterocycles. The summed E-state index contributed by atoms with van der Waals surface area (Å²) in [6.07, 6.45) is 2.54. The Labute approximate surface area is 103 Å². The molecule has 1 N–H and O–H groups in total. The largest absolute Gasteiger partial charge is 0.316 e. The van der Waals surface area contributed by atoms with Gasteiger partial charge in [-0.15, -0.1) is 11.8 Å². The van der Waals surface area contributed by atoms with E-state index in [9.17, 15) is 0 Å². The zero-order valence-electron chi connectivity index (χ0n) is 10.6. The molecule has 2 aliphatic heterocycles. The van der Waals surface area contributed by atoms with Crippen LogP contribution in [0.3, 0.4) is 0 Å². The lowest BCUT2D eigenvalue weighted by Crippen LogP contribution is -2.33. The SMILES string of the molecule is CCC(C1=NN(C)CC(C)S1)C1CCNC1. The lowest BCUT2D eigenvalue weighted by molar-refractivity contribution is 0.345. The van der Waals surface area contributed by atoms with Crippen molar-refractivity contribution in [2.75, 3.05) is 26.7 Å². The maximum Gasteiger partial charge on any atom is 0.0970 e. The van der Waals surface area contributed by atoms with E-state index in [0.717, 1.165) is 12.5 Å². The monoisotopic (exact) mass is 241 g/mol. The molecule has 0 radical (unpaired) electrons. The molecule has 3 unspecified atom stereocenters. The van der Waals surface area contributed by atoms with E-state index >= 15 is 0 Å².